The van der Waals surface area contributed by atoms with Gasteiger partial charge < -0.3 is 14.2 Å². The van der Waals surface area contributed by atoms with Crippen LogP contribution in [-0.2, 0) is 9.53 Å². The Balaban J connectivity index is 1.72. The van der Waals surface area contributed by atoms with E-state index in [1.807, 2.05) is 0 Å². The van der Waals surface area contributed by atoms with Gasteiger partial charge >= 0.3 is 5.97 Å². The highest BCUT2D eigenvalue weighted by molar-refractivity contribution is 5.93. The van der Waals surface area contributed by atoms with E-state index in [1.54, 1.807) is 18.2 Å². The first-order chi connectivity index (χ1) is 9.74. The lowest BCUT2D eigenvalue weighted by atomic mass is 9.96. The van der Waals surface area contributed by atoms with E-state index in [9.17, 15) is 9.59 Å². The topological polar surface area (TPSA) is 61.8 Å². The lowest BCUT2D eigenvalue weighted by Crippen LogP contribution is -2.30. The minimum absolute atomic E-state index is 0.0159. The van der Waals surface area contributed by atoms with Crippen molar-refractivity contribution in [2.45, 2.75) is 31.8 Å². The highest BCUT2D eigenvalue weighted by atomic mass is 16.6. The van der Waals surface area contributed by atoms with Crippen molar-refractivity contribution in [2.75, 3.05) is 13.2 Å². The quantitative estimate of drug-likeness (QED) is 0.774. The van der Waals surface area contributed by atoms with Gasteiger partial charge in [0.25, 0.3) is 0 Å². The Labute approximate surface area is 116 Å². The van der Waals surface area contributed by atoms with Crippen LogP contribution in [0.1, 0.15) is 36.0 Å². The van der Waals surface area contributed by atoms with E-state index in [-0.39, 0.29) is 5.78 Å². The maximum absolute atomic E-state index is 12.1. The van der Waals surface area contributed by atoms with Crippen LogP contribution in [0.25, 0.3) is 0 Å². The molecule has 20 heavy (non-hydrogen) atoms. The van der Waals surface area contributed by atoms with Gasteiger partial charge in [0.2, 0.25) is 0 Å². The van der Waals surface area contributed by atoms with Crippen LogP contribution in [0.4, 0.5) is 0 Å². The molecular weight excluding hydrogens is 260 g/mol. The standard InChI is InChI=1S/C15H16O5/c16-11-3-1-2-4-12(11)20-15(17)10-5-6-13-14(9-10)19-8-7-18-13/h5-6,9,12H,1-4,7-8H2/t12-/m0/s1. The van der Waals surface area contributed by atoms with Crippen molar-refractivity contribution in [3.63, 3.8) is 0 Å². The van der Waals surface area contributed by atoms with Gasteiger partial charge in [-0.1, -0.05) is 0 Å². The van der Waals surface area contributed by atoms with Crippen molar-refractivity contribution in [1.82, 2.24) is 0 Å². The van der Waals surface area contributed by atoms with Gasteiger partial charge in [0.05, 0.1) is 5.56 Å². The van der Waals surface area contributed by atoms with Crippen LogP contribution < -0.4 is 9.47 Å². The summed E-state index contributed by atoms with van der Waals surface area (Å²) in [4.78, 5) is 23.7. The van der Waals surface area contributed by atoms with Gasteiger partial charge in [-0.25, -0.2) is 4.79 Å². The second kappa shape index (κ2) is 5.53. The third kappa shape index (κ3) is 2.61. The Bertz CT molecular complexity index is 537. The SMILES string of the molecule is O=C(O[C@H]1CCCCC1=O)c1ccc2c(c1)OCCO2. The molecule has 2 aliphatic rings. The molecule has 5 nitrogen and oxygen atoms in total. The minimum Gasteiger partial charge on any atom is -0.486 e. The highest BCUT2D eigenvalue weighted by Crippen LogP contribution is 2.31. The molecule has 1 aromatic carbocycles. The molecule has 1 fully saturated rings. The molecule has 0 saturated heterocycles. The molecule has 1 aliphatic heterocycles. The minimum atomic E-state index is -0.593. The predicted molar refractivity (Wildman–Crippen MR) is 70.1 cm³/mol. The third-order valence-electron chi connectivity index (χ3n) is 3.53. The van der Waals surface area contributed by atoms with E-state index in [4.69, 9.17) is 14.2 Å². The lowest BCUT2D eigenvalue weighted by molar-refractivity contribution is -0.129. The highest BCUT2D eigenvalue weighted by Gasteiger charge is 2.26. The molecule has 1 saturated carbocycles. The van der Waals surface area contributed by atoms with Crippen molar-refractivity contribution >= 4 is 11.8 Å². The first-order valence-corrected chi connectivity index (χ1v) is 6.87. The summed E-state index contributed by atoms with van der Waals surface area (Å²) in [7, 11) is 0. The largest absolute Gasteiger partial charge is 0.486 e. The molecule has 106 valence electrons. The van der Waals surface area contributed by atoms with Crippen LogP contribution in [-0.4, -0.2) is 31.1 Å². The molecule has 0 bridgehead atoms. The smallest absolute Gasteiger partial charge is 0.338 e. The maximum atomic E-state index is 12.1. The van der Waals surface area contributed by atoms with Gasteiger partial charge in [0.15, 0.2) is 23.4 Å². The number of ether oxygens (including phenoxy) is 3. The molecule has 1 aliphatic carbocycles. The van der Waals surface area contributed by atoms with Crippen LogP contribution in [0.15, 0.2) is 18.2 Å². The number of Topliss-reactive ketones (excluding diaryl/α,β-unsaturated/α-hetero) is 1. The first kappa shape index (κ1) is 13.0. The Hall–Kier alpha value is -2.04. The van der Waals surface area contributed by atoms with Crippen molar-refractivity contribution in [2.24, 2.45) is 0 Å². The number of ketones is 1. The van der Waals surface area contributed by atoms with Crippen molar-refractivity contribution in [3.8, 4) is 11.5 Å². The molecular formula is C15H16O5. The van der Waals surface area contributed by atoms with E-state index in [2.05, 4.69) is 0 Å². The second-order valence-corrected chi connectivity index (χ2v) is 4.96. The summed E-state index contributed by atoms with van der Waals surface area (Å²) in [6, 6.07) is 4.92. The Morgan fingerprint density at radius 3 is 2.75 bits per heavy atom. The molecule has 1 aromatic rings. The molecule has 0 N–H and O–H groups in total. The average molecular weight is 276 g/mol. The van der Waals surface area contributed by atoms with Gasteiger partial charge in [0.1, 0.15) is 13.2 Å². The number of benzene rings is 1. The molecule has 0 aromatic heterocycles. The molecule has 1 heterocycles. The number of esters is 1. The third-order valence-corrected chi connectivity index (χ3v) is 3.53. The summed E-state index contributed by atoms with van der Waals surface area (Å²) in [6.07, 6.45) is 2.33. The summed E-state index contributed by atoms with van der Waals surface area (Å²) in [5, 5.41) is 0. The summed E-state index contributed by atoms with van der Waals surface area (Å²) in [5.41, 5.74) is 0.382. The fourth-order valence-corrected chi connectivity index (χ4v) is 2.44. The van der Waals surface area contributed by atoms with Crippen molar-refractivity contribution < 1.29 is 23.8 Å². The van der Waals surface area contributed by atoms with Gasteiger partial charge in [-0.15, -0.1) is 0 Å². The summed E-state index contributed by atoms with van der Waals surface area (Å²) in [6.45, 7) is 0.972. The first-order valence-electron chi connectivity index (χ1n) is 6.87. The zero-order chi connectivity index (χ0) is 13.9. The number of carbonyl (C=O) groups is 2. The van der Waals surface area contributed by atoms with Gasteiger partial charge in [-0.05, 0) is 37.5 Å². The molecule has 5 heteroatoms. The molecule has 3 rings (SSSR count). The van der Waals surface area contributed by atoms with E-state index < -0.39 is 12.1 Å². The molecule has 0 amide bonds. The zero-order valence-electron chi connectivity index (χ0n) is 11.1. The Morgan fingerprint density at radius 1 is 1.15 bits per heavy atom. The summed E-state index contributed by atoms with van der Waals surface area (Å²) < 4.78 is 16.1. The van der Waals surface area contributed by atoms with Crippen molar-refractivity contribution in [3.05, 3.63) is 23.8 Å². The van der Waals surface area contributed by atoms with Gasteiger partial charge in [0, 0.05) is 6.42 Å². The van der Waals surface area contributed by atoms with Gasteiger partial charge in [-0.2, -0.15) is 0 Å². The number of hydrogen-bond acceptors (Lipinski definition) is 5. The van der Waals surface area contributed by atoms with E-state index >= 15 is 0 Å². The predicted octanol–water partition coefficient (Wildman–Crippen LogP) is 2.13. The van der Waals surface area contributed by atoms with Crippen molar-refractivity contribution in [1.29, 1.82) is 0 Å². The van der Waals surface area contributed by atoms with Gasteiger partial charge in [-0.3, -0.25) is 4.79 Å². The molecule has 1 atom stereocenters. The summed E-state index contributed by atoms with van der Waals surface area (Å²) >= 11 is 0. The van der Waals surface area contributed by atoms with Crippen LogP contribution in [0.3, 0.4) is 0 Å². The number of fused-ring (bicyclic) bond motifs is 1. The number of hydrogen-bond donors (Lipinski definition) is 0. The number of carbonyl (C=O) groups excluding carboxylic acids is 2. The fraction of sp³-hybridized carbons (Fsp3) is 0.467. The normalized spacial score (nSPS) is 21.4. The molecule has 0 unspecified atom stereocenters. The molecule has 0 radical (unpaired) electrons. The lowest BCUT2D eigenvalue weighted by Gasteiger charge is -2.21. The second-order valence-electron chi connectivity index (χ2n) is 4.96. The monoisotopic (exact) mass is 276 g/mol. The van der Waals surface area contributed by atoms with Crippen LogP contribution >= 0.6 is 0 Å². The Kier molecular flexibility index (Phi) is 3.58. The average Bonchev–Trinajstić information content (AvgIpc) is 2.49. The maximum Gasteiger partial charge on any atom is 0.338 e. The number of rotatable bonds is 2. The van der Waals surface area contributed by atoms with Crippen LogP contribution in [0, 0.1) is 0 Å². The zero-order valence-corrected chi connectivity index (χ0v) is 11.1. The summed E-state index contributed by atoms with van der Waals surface area (Å²) in [5.74, 6) is 0.701. The van der Waals surface area contributed by atoms with E-state index in [0.717, 1.165) is 12.8 Å². The van der Waals surface area contributed by atoms with Crippen LogP contribution in [0.2, 0.25) is 0 Å². The fourth-order valence-electron chi connectivity index (χ4n) is 2.44. The van der Waals surface area contributed by atoms with E-state index in [0.29, 0.717) is 43.1 Å². The van der Waals surface area contributed by atoms with Crippen LogP contribution in [0.5, 0.6) is 11.5 Å². The molecule has 0 spiro atoms. The van der Waals surface area contributed by atoms with E-state index in [1.165, 1.54) is 0 Å². The Morgan fingerprint density at radius 2 is 1.95 bits per heavy atom.